The molecule has 0 spiro atoms. The third-order valence-electron chi connectivity index (χ3n) is 3.82. The molecule has 0 bridgehead atoms. The van der Waals surface area contributed by atoms with Crippen molar-refractivity contribution >= 4 is 5.69 Å². The molecule has 1 saturated heterocycles. The Morgan fingerprint density at radius 1 is 1.28 bits per heavy atom. The van der Waals surface area contributed by atoms with Crippen molar-refractivity contribution in [2.24, 2.45) is 5.92 Å². The van der Waals surface area contributed by atoms with Crippen molar-refractivity contribution in [3.05, 3.63) is 29.8 Å². The maximum atomic E-state index is 3.47. The highest BCUT2D eigenvalue weighted by Crippen LogP contribution is 2.23. The molecule has 1 N–H and O–H groups in total. The van der Waals surface area contributed by atoms with E-state index in [-0.39, 0.29) is 0 Å². The maximum absolute atomic E-state index is 3.47. The lowest BCUT2D eigenvalue weighted by Gasteiger charge is -2.32. The van der Waals surface area contributed by atoms with E-state index >= 15 is 0 Å². The number of rotatable bonds is 5. The molecule has 1 aromatic carbocycles. The first-order chi connectivity index (χ1) is 8.79. The average molecular weight is 246 g/mol. The molecule has 1 heterocycles. The summed E-state index contributed by atoms with van der Waals surface area (Å²) in [6, 6.07) is 9.01. The summed E-state index contributed by atoms with van der Waals surface area (Å²) in [4.78, 5) is 2.53. The van der Waals surface area contributed by atoms with Gasteiger partial charge in [0, 0.05) is 25.3 Å². The molecule has 18 heavy (non-hydrogen) atoms. The Balaban J connectivity index is 1.94. The first-order valence-corrected chi connectivity index (χ1v) is 7.34. The Hall–Kier alpha value is -1.02. The molecule has 0 unspecified atom stereocenters. The number of benzene rings is 1. The monoisotopic (exact) mass is 246 g/mol. The summed E-state index contributed by atoms with van der Waals surface area (Å²) in [6.45, 7) is 9.10. The predicted molar refractivity (Wildman–Crippen MR) is 79.1 cm³/mol. The highest BCUT2D eigenvalue weighted by atomic mass is 15.1. The standard InChI is InChI=1S/C16H26N2/c1-3-9-17-13-15-5-4-6-16(12-15)18-10-7-14(2)8-11-18/h4-6,12,14,17H,3,7-11,13H2,1-2H3. The summed E-state index contributed by atoms with van der Waals surface area (Å²) in [6.07, 6.45) is 3.86. The molecule has 0 radical (unpaired) electrons. The first kappa shape index (κ1) is 13.4. The zero-order valence-electron chi connectivity index (χ0n) is 11.8. The van der Waals surface area contributed by atoms with Gasteiger partial charge in [-0.25, -0.2) is 0 Å². The number of anilines is 1. The van der Waals surface area contributed by atoms with Gasteiger partial charge >= 0.3 is 0 Å². The lowest BCUT2D eigenvalue weighted by atomic mass is 9.98. The molecule has 0 aromatic heterocycles. The fraction of sp³-hybridized carbons (Fsp3) is 0.625. The average Bonchev–Trinajstić information content (AvgIpc) is 2.40. The number of nitrogens with one attached hydrogen (secondary N) is 1. The van der Waals surface area contributed by atoms with Gasteiger partial charge in [-0.05, 0) is 49.4 Å². The van der Waals surface area contributed by atoms with Crippen molar-refractivity contribution in [3.8, 4) is 0 Å². The second kappa shape index (κ2) is 6.79. The third kappa shape index (κ3) is 3.74. The highest BCUT2D eigenvalue weighted by molar-refractivity contribution is 5.48. The predicted octanol–water partition coefficient (Wildman–Crippen LogP) is 3.42. The largest absolute Gasteiger partial charge is 0.372 e. The minimum absolute atomic E-state index is 0.899. The number of hydrogen-bond acceptors (Lipinski definition) is 2. The van der Waals surface area contributed by atoms with Gasteiger partial charge in [-0.2, -0.15) is 0 Å². The van der Waals surface area contributed by atoms with Crippen molar-refractivity contribution in [3.63, 3.8) is 0 Å². The lowest BCUT2D eigenvalue weighted by molar-refractivity contribution is 0.438. The van der Waals surface area contributed by atoms with Crippen LogP contribution in [0.4, 0.5) is 5.69 Å². The van der Waals surface area contributed by atoms with E-state index in [1.54, 1.807) is 0 Å². The minimum atomic E-state index is 0.899. The molecule has 1 fully saturated rings. The summed E-state index contributed by atoms with van der Waals surface area (Å²) in [5, 5.41) is 3.47. The van der Waals surface area contributed by atoms with E-state index in [0.717, 1.165) is 19.0 Å². The molecule has 2 nitrogen and oxygen atoms in total. The van der Waals surface area contributed by atoms with Gasteiger partial charge in [-0.15, -0.1) is 0 Å². The zero-order valence-corrected chi connectivity index (χ0v) is 11.8. The Kier molecular flexibility index (Phi) is 5.06. The smallest absolute Gasteiger partial charge is 0.0369 e. The van der Waals surface area contributed by atoms with Crippen LogP contribution in [0.1, 0.15) is 38.7 Å². The second-order valence-corrected chi connectivity index (χ2v) is 5.52. The van der Waals surface area contributed by atoms with Crippen LogP contribution in [0.5, 0.6) is 0 Å². The summed E-state index contributed by atoms with van der Waals surface area (Å²) in [5.41, 5.74) is 2.80. The van der Waals surface area contributed by atoms with E-state index < -0.39 is 0 Å². The van der Waals surface area contributed by atoms with Gasteiger partial charge in [0.1, 0.15) is 0 Å². The van der Waals surface area contributed by atoms with Crippen LogP contribution in [-0.2, 0) is 6.54 Å². The van der Waals surface area contributed by atoms with E-state index in [0.29, 0.717) is 0 Å². The van der Waals surface area contributed by atoms with Gasteiger partial charge in [0.15, 0.2) is 0 Å². The molecule has 1 aromatic rings. The molecular weight excluding hydrogens is 220 g/mol. The maximum Gasteiger partial charge on any atom is 0.0369 e. The molecule has 1 aliphatic heterocycles. The Labute approximate surface area is 111 Å². The SMILES string of the molecule is CCCNCc1cccc(N2CCC(C)CC2)c1. The topological polar surface area (TPSA) is 15.3 Å². The fourth-order valence-corrected chi connectivity index (χ4v) is 2.54. The van der Waals surface area contributed by atoms with E-state index in [4.69, 9.17) is 0 Å². The molecule has 100 valence electrons. The molecule has 2 heteroatoms. The van der Waals surface area contributed by atoms with Gasteiger partial charge in [0.25, 0.3) is 0 Å². The lowest BCUT2D eigenvalue weighted by Crippen LogP contribution is -2.32. The van der Waals surface area contributed by atoms with Crippen LogP contribution in [-0.4, -0.2) is 19.6 Å². The summed E-state index contributed by atoms with van der Waals surface area (Å²) in [5.74, 6) is 0.899. The van der Waals surface area contributed by atoms with Crippen molar-refractivity contribution in [2.75, 3.05) is 24.5 Å². The van der Waals surface area contributed by atoms with Crippen LogP contribution in [0.3, 0.4) is 0 Å². The van der Waals surface area contributed by atoms with E-state index in [1.807, 2.05) is 0 Å². The number of piperidine rings is 1. The van der Waals surface area contributed by atoms with Gasteiger partial charge < -0.3 is 10.2 Å². The van der Waals surface area contributed by atoms with Crippen molar-refractivity contribution < 1.29 is 0 Å². The van der Waals surface area contributed by atoms with Crippen LogP contribution < -0.4 is 10.2 Å². The Bertz CT molecular complexity index is 354. The summed E-state index contributed by atoms with van der Waals surface area (Å²) < 4.78 is 0. The van der Waals surface area contributed by atoms with Crippen molar-refractivity contribution in [2.45, 2.75) is 39.7 Å². The van der Waals surface area contributed by atoms with Crippen LogP contribution in [0.25, 0.3) is 0 Å². The van der Waals surface area contributed by atoms with Crippen LogP contribution in [0, 0.1) is 5.92 Å². The minimum Gasteiger partial charge on any atom is -0.372 e. The third-order valence-corrected chi connectivity index (χ3v) is 3.82. The van der Waals surface area contributed by atoms with Gasteiger partial charge in [0.2, 0.25) is 0 Å². The molecular formula is C16H26N2. The van der Waals surface area contributed by atoms with Crippen LogP contribution in [0.2, 0.25) is 0 Å². The second-order valence-electron chi connectivity index (χ2n) is 5.52. The van der Waals surface area contributed by atoms with Gasteiger partial charge in [-0.1, -0.05) is 26.0 Å². The van der Waals surface area contributed by atoms with Gasteiger partial charge in [-0.3, -0.25) is 0 Å². The zero-order chi connectivity index (χ0) is 12.8. The quantitative estimate of drug-likeness (QED) is 0.801. The van der Waals surface area contributed by atoms with Crippen molar-refractivity contribution in [1.82, 2.24) is 5.32 Å². The van der Waals surface area contributed by atoms with E-state index in [2.05, 4.69) is 48.3 Å². The first-order valence-electron chi connectivity index (χ1n) is 7.34. The van der Waals surface area contributed by atoms with E-state index in [9.17, 15) is 0 Å². The Morgan fingerprint density at radius 2 is 2.06 bits per heavy atom. The van der Waals surface area contributed by atoms with Gasteiger partial charge in [0.05, 0.1) is 0 Å². The summed E-state index contributed by atoms with van der Waals surface area (Å²) in [7, 11) is 0. The fourth-order valence-electron chi connectivity index (χ4n) is 2.54. The van der Waals surface area contributed by atoms with Crippen LogP contribution in [0.15, 0.2) is 24.3 Å². The molecule has 0 atom stereocenters. The molecule has 0 saturated carbocycles. The molecule has 2 rings (SSSR count). The normalized spacial score (nSPS) is 17.1. The number of nitrogens with zero attached hydrogens (tertiary/aromatic N) is 1. The summed E-state index contributed by atoms with van der Waals surface area (Å²) >= 11 is 0. The number of hydrogen-bond donors (Lipinski definition) is 1. The van der Waals surface area contributed by atoms with Crippen molar-refractivity contribution in [1.29, 1.82) is 0 Å². The molecule has 1 aliphatic rings. The highest BCUT2D eigenvalue weighted by Gasteiger charge is 2.15. The van der Waals surface area contributed by atoms with E-state index in [1.165, 1.54) is 43.6 Å². The molecule has 0 amide bonds. The van der Waals surface area contributed by atoms with Crippen LogP contribution >= 0.6 is 0 Å². The Morgan fingerprint density at radius 3 is 2.78 bits per heavy atom. The molecule has 0 aliphatic carbocycles.